The summed E-state index contributed by atoms with van der Waals surface area (Å²) in [4.78, 5) is 15.9. The van der Waals surface area contributed by atoms with Crippen molar-refractivity contribution in [2.24, 2.45) is 0 Å². The molecular weight excluding hydrogens is 316 g/mol. The fraction of sp³-hybridized carbons (Fsp3) is 0.158. The molecule has 0 atom stereocenters. The highest BCUT2D eigenvalue weighted by Gasteiger charge is 2.08. The van der Waals surface area contributed by atoms with Crippen LogP contribution < -0.4 is 5.32 Å². The van der Waals surface area contributed by atoms with E-state index >= 15 is 0 Å². The van der Waals surface area contributed by atoms with Crippen molar-refractivity contribution in [2.45, 2.75) is 13.8 Å². The van der Waals surface area contributed by atoms with Gasteiger partial charge in [0.2, 0.25) is 0 Å². The maximum absolute atomic E-state index is 11.8. The normalized spacial score (nSPS) is 10.3. The Hall–Kier alpha value is -3.28. The molecule has 2 aromatic heterocycles. The SMILES string of the molecule is CCOC(=O)c1ccnc(Nc2ccc(-c3ccc(C)cc3)nn2)c1. The Bertz CT molecular complexity index is 861. The molecule has 126 valence electrons. The van der Waals surface area contributed by atoms with Crippen LogP contribution in [0.25, 0.3) is 11.3 Å². The first-order valence-corrected chi connectivity index (χ1v) is 7.96. The number of aryl methyl sites for hydroxylation is 1. The summed E-state index contributed by atoms with van der Waals surface area (Å²) < 4.78 is 4.98. The van der Waals surface area contributed by atoms with Gasteiger partial charge in [-0.1, -0.05) is 29.8 Å². The molecule has 0 amide bonds. The van der Waals surface area contributed by atoms with E-state index in [1.165, 1.54) is 5.56 Å². The van der Waals surface area contributed by atoms with E-state index < -0.39 is 0 Å². The van der Waals surface area contributed by atoms with Gasteiger partial charge in [-0.25, -0.2) is 9.78 Å². The first-order chi connectivity index (χ1) is 12.2. The van der Waals surface area contributed by atoms with Gasteiger partial charge in [-0.2, -0.15) is 0 Å². The zero-order valence-electron chi connectivity index (χ0n) is 14.1. The summed E-state index contributed by atoms with van der Waals surface area (Å²) >= 11 is 0. The second-order valence-electron chi connectivity index (χ2n) is 5.45. The maximum Gasteiger partial charge on any atom is 0.338 e. The van der Waals surface area contributed by atoms with Crippen LogP contribution in [0, 0.1) is 6.92 Å². The van der Waals surface area contributed by atoms with Crippen LogP contribution in [0.4, 0.5) is 11.6 Å². The largest absolute Gasteiger partial charge is 0.462 e. The molecule has 6 nitrogen and oxygen atoms in total. The van der Waals surface area contributed by atoms with Crippen molar-refractivity contribution in [1.82, 2.24) is 15.2 Å². The maximum atomic E-state index is 11.8. The van der Waals surface area contributed by atoms with Gasteiger partial charge in [0, 0.05) is 11.8 Å². The van der Waals surface area contributed by atoms with E-state index in [1.807, 2.05) is 43.3 Å². The Balaban J connectivity index is 1.74. The number of hydrogen-bond acceptors (Lipinski definition) is 6. The molecule has 0 aliphatic carbocycles. The van der Waals surface area contributed by atoms with Crippen LogP contribution >= 0.6 is 0 Å². The van der Waals surface area contributed by atoms with Gasteiger partial charge in [-0.15, -0.1) is 10.2 Å². The number of aromatic nitrogens is 3. The fourth-order valence-electron chi connectivity index (χ4n) is 2.25. The first kappa shape index (κ1) is 16.6. The molecule has 0 saturated heterocycles. The molecule has 1 aromatic carbocycles. The third-order valence-electron chi connectivity index (χ3n) is 3.54. The topological polar surface area (TPSA) is 77.0 Å². The van der Waals surface area contributed by atoms with E-state index in [1.54, 1.807) is 25.3 Å². The van der Waals surface area contributed by atoms with Crippen molar-refractivity contribution < 1.29 is 9.53 Å². The minimum absolute atomic E-state index is 0.329. The average molecular weight is 334 g/mol. The quantitative estimate of drug-likeness (QED) is 0.716. The Morgan fingerprint density at radius 2 is 1.84 bits per heavy atom. The summed E-state index contributed by atoms with van der Waals surface area (Å²) in [5.74, 6) is 0.668. The number of nitrogens with one attached hydrogen (secondary N) is 1. The molecule has 0 radical (unpaired) electrons. The second kappa shape index (κ2) is 7.53. The van der Waals surface area contributed by atoms with E-state index in [2.05, 4.69) is 20.5 Å². The van der Waals surface area contributed by atoms with Crippen LogP contribution in [0.1, 0.15) is 22.8 Å². The van der Waals surface area contributed by atoms with Gasteiger partial charge in [0.15, 0.2) is 5.82 Å². The Labute approximate surface area is 145 Å². The van der Waals surface area contributed by atoms with Crippen LogP contribution in [0.2, 0.25) is 0 Å². The number of nitrogens with zero attached hydrogens (tertiary/aromatic N) is 3. The van der Waals surface area contributed by atoms with Crippen molar-refractivity contribution in [1.29, 1.82) is 0 Å². The first-order valence-electron chi connectivity index (χ1n) is 7.96. The Morgan fingerprint density at radius 1 is 1.04 bits per heavy atom. The smallest absolute Gasteiger partial charge is 0.338 e. The van der Waals surface area contributed by atoms with Crippen molar-refractivity contribution >= 4 is 17.6 Å². The summed E-state index contributed by atoms with van der Waals surface area (Å²) in [6.07, 6.45) is 1.54. The molecule has 1 N–H and O–H groups in total. The summed E-state index contributed by atoms with van der Waals surface area (Å²) in [7, 11) is 0. The van der Waals surface area contributed by atoms with Crippen LogP contribution in [0.3, 0.4) is 0 Å². The van der Waals surface area contributed by atoms with Crippen molar-refractivity contribution in [3.63, 3.8) is 0 Å². The molecule has 3 aromatic rings. The monoisotopic (exact) mass is 334 g/mol. The lowest BCUT2D eigenvalue weighted by molar-refractivity contribution is 0.0526. The van der Waals surface area contributed by atoms with Crippen molar-refractivity contribution in [2.75, 3.05) is 11.9 Å². The van der Waals surface area contributed by atoms with Gasteiger partial charge in [0.25, 0.3) is 0 Å². The minimum Gasteiger partial charge on any atom is -0.462 e. The van der Waals surface area contributed by atoms with Gasteiger partial charge >= 0.3 is 5.97 Å². The number of rotatable bonds is 5. The Morgan fingerprint density at radius 3 is 2.52 bits per heavy atom. The lowest BCUT2D eigenvalue weighted by atomic mass is 10.1. The van der Waals surface area contributed by atoms with Crippen LogP contribution in [-0.4, -0.2) is 27.8 Å². The van der Waals surface area contributed by atoms with Gasteiger partial charge in [-0.05, 0) is 38.1 Å². The number of ether oxygens (including phenoxy) is 1. The number of carbonyl (C=O) groups is 1. The van der Waals surface area contributed by atoms with E-state index in [9.17, 15) is 4.79 Å². The molecule has 25 heavy (non-hydrogen) atoms. The molecule has 0 saturated carbocycles. The summed E-state index contributed by atoms with van der Waals surface area (Å²) in [5, 5.41) is 11.4. The van der Waals surface area contributed by atoms with Crippen LogP contribution in [0.5, 0.6) is 0 Å². The molecule has 6 heteroatoms. The van der Waals surface area contributed by atoms with Gasteiger partial charge < -0.3 is 10.1 Å². The highest BCUT2D eigenvalue weighted by molar-refractivity contribution is 5.90. The molecule has 0 bridgehead atoms. The average Bonchev–Trinajstić information content (AvgIpc) is 2.64. The van der Waals surface area contributed by atoms with E-state index in [4.69, 9.17) is 4.74 Å². The number of hydrogen-bond donors (Lipinski definition) is 1. The predicted octanol–water partition coefficient (Wildman–Crippen LogP) is 3.77. The predicted molar refractivity (Wildman–Crippen MR) is 95.7 cm³/mol. The van der Waals surface area contributed by atoms with Gasteiger partial charge in [0.05, 0.1) is 17.9 Å². The summed E-state index contributed by atoms with van der Waals surface area (Å²) in [5.41, 5.74) is 3.43. The molecule has 0 fully saturated rings. The van der Waals surface area contributed by atoms with Crippen molar-refractivity contribution in [3.05, 3.63) is 65.9 Å². The number of benzene rings is 1. The van der Waals surface area contributed by atoms with E-state index in [0.29, 0.717) is 23.8 Å². The highest BCUT2D eigenvalue weighted by atomic mass is 16.5. The van der Waals surface area contributed by atoms with Crippen LogP contribution in [0.15, 0.2) is 54.7 Å². The zero-order valence-corrected chi connectivity index (χ0v) is 14.1. The third-order valence-corrected chi connectivity index (χ3v) is 3.54. The second-order valence-corrected chi connectivity index (χ2v) is 5.45. The van der Waals surface area contributed by atoms with Crippen molar-refractivity contribution in [3.8, 4) is 11.3 Å². The van der Waals surface area contributed by atoms with Gasteiger partial charge in [-0.3, -0.25) is 0 Å². The van der Waals surface area contributed by atoms with E-state index in [0.717, 1.165) is 11.3 Å². The fourth-order valence-corrected chi connectivity index (χ4v) is 2.25. The Kier molecular flexibility index (Phi) is 4.99. The highest BCUT2D eigenvalue weighted by Crippen LogP contribution is 2.19. The minimum atomic E-state index is -0.381. The number of pyridine rings is 1. The van der Waals surface area contributed by atoms with Gasteiger partial charge in [0.1, 0.15) is 5.82 Å². The molecule has 2 heterocycles. The molecule has 0 spiro atoms. The van der Waals surface area contributed by atoms with E-state index in [-0.39, 0.29) is 5.97 Å². The molecular formula is C19H18N4O2. The molecule has 3 rings (SSSR count). The summed E-state index contributed by atoms with van der Waals surface area (Å²) in [6, 6.07) is 15.0. The van der Waals surface area contributed by atoms with Crippen LogP contribution in [-0.2, 0) is 4.74 Å². The lowest BCUT2D eigenvalue weighted by Crippen LogP contribution is -2.06. The number of esters is 1. The zero-order chi connectivity index (χ0) is 17.6. The third kappa shape index (κ3) is 4.17. The summed E-state index contributed by atoms with van der Waals surface area (Å²) in [6.45, 7) is 4.14. The molecule has 0 aliphatic heterocycles. The number of anilines is 2. The molecule has 0 unspecified atom stereocenters. The lowest BCUT2D eigenvalue weighted by Gasteiger charge is -2.07. The molecule has 0 aliphatic rings. The number of carbonyl (C=O) groups excluding carboxylic acids is 1. The standard InChI is InChI=1S/C19H18N4O2/c1-3-25-19(24)15-10-11-20-18(12-15)21-17-9-8-16(22-23-17)14-6-4-13(2)5-7-14/h4-12H,3H2,1-2H3,(H,20,21,23).